The van der Waals surface area contributed by atoms with Crippen LogP contribution in [0.3, 0.4) is 0 Å². The number of sulfonamides is 1. The summed E-state index contributed by atoms with van der Waals surface area (Å²) in [6.07, 6.45) is 0. The van der Waals surface area contributed by atoms with E-state index in [1.165, 1.54) is 0 Å². The number of hydrogen-bond donors (Lipinski definition) is 1. The van der Waals surface area contributed by atoms with Crippen molar-refractivity contribution in [3.05, 3.63) is 41.7 Å². The van der Waals surface area contributed by atoms with E-state index < -0.39 is 10.0 Å². The van der Waals surface area contributed by atoms with E-state index in [2.05, 4.69) is 9.82 Å². The molecule has 2 aromatic rings. The summed E-state index contributed by atoms with van der Waals surface area (Å²) in [4.78, 5) is 0.262. The standard InChI is InChI=1S/C17H25N3O2S/c1-12-16(23(21,22)19-14(3)17(4,5)6)13(2)20(18-12)15-10-8-7-9-11-15/h7-11,14,19H,1-6H3. The predicted octanol–water partition coefficient (Wildman–Crippen LogP) is 3.20. The summed E-state index contributed by atoms with van der Waals surface area (Å²) in [6, 6.07) is 9.34. The molecular formula is C17H25N3O2S. The largest absolute Gasteiger partial charge is 0.244 e. The summed E-state index contributed by atoms with van der Waals surface area (Å²) < 4.78 is 30.1. The van der Waals surface area contributed by atoms with Gasteiger partial charge in [0.25, 0.3) is 0 Å². The Morgan fingerprint density at radius 1 is 1.13 bits per heavy atom. The molecule has 1 aromatic heterocycles. The van der Waals surface area contributed by atoms with E-state index in [0.29, 0.717) is 11.4 Å². The molecule has 0 aliphatic heterocycles. The topological polar surface area (TPSA) is 64.0 Å². The van der Waals surface area contributed by atoms with E-state index in [4.69, 9.17) is 0 Å². The van der Waals surface area contributed by atoms with Crippen LogP contribution in [0.25, 0.3) is 5.69 Å². The van der Waals surface area contributed by atoms with Gasteiger partial charge in [-0.3, -0.25) is 0 Å². The summed E-state index contributed by atoms with van der Waals surface area (Å²) in [5.41, 5.74) is 1.80. The van der Waals surface area contributed by atoms with Crippen LogP contribution in [0.5, 0.6) is 0 Å². The maximum Gasteiger partial charge on any atom is 0.244 e. The Labute approximate surface area is 138 Å². The summed E-state index contributed by atoms with van der Waals surface area (Å²) in [5.74, 6) is 0. The molecule has 1 heterocycles. The van der Waals surface area contributed by atoms with Crippen molar-refractivity contribution >= 4 is 10.0 Å². The quantitative estimate of drug-likeness (QED) is 0.933. The van der Waals surface area contributed by atoms with Crippen molar-refractivity contribution < 1.29 is 8.42 Å². The van der Waals surface area contributed by atoms with Crippen molar-refractivity contribution in [2.45, 2.75) is 52.5 Å². The van der Waals surface area contributed by atoms with Gasteiger partial charge in [-0.05, 0) is 38.3 Å². The lowest BCUT2D eigenvalue weighted by molar-refractivity contribution is 0.317. The lowest BCUT2D eigenvalue weighted by atomic mass is 9.89. The highest BCUT2D eigenvalue weighted by Gasteiger charge is 2.30. The van der Waals surface area contributed by atoms with E-state index >= 15 is 0 Å². The molecule has 0 radical (unpaired) electrons. The van der Waals surface area contributed by atoms with Crippen LogP contribution in [0.4, 0.5) is 0 Å². The second-order valence-corrected chi connectivity index (χ2v) is 8.61. The third kappa shape index (κ3) is 3.64. The number of benzene rings is 1. The fraction of sp³-hybridized carbons (Fsp3) is 0.471. The first kappa shape index (κ1) is 17.7. The van der Waals surface area contributed by atoms with Gasteiger partial charge in [-0.15, -0.1) is 0 Å². The van der Waals surface area contributed by atoms with Crippen molar-refractivity contribution in [2.75, 3.05) is 0 Å². The molecule has 1 unspecified atom stereocenters. The van der Waals surface area contributed by atoms with E-state index in [9.17, 15) is 8.42 Å². The number of aromatic nitrogens is 2. The smallest absolute Gasteiger partial charge is 0.236 e. The van der Waals surface area contributed by atoms with Gasteiger partial charge < -0.3 is 0 Å². The molecule has 2 rings (SSSR count). The lowest BCUT2D eigenvalue weighted by Crippen LogP contribution is -2.41. The van der Waals surface area contributed by atoms with Gasteiger partial charge in [0, 0.05) is 6.04 Å². The van der Waals surface area contributed by atoms with Crippen LogP contribution >= 0.6 is 0 Å². The molecule has 0 spiro atoms. The van der Waals surface area contributed by atoms with Crippen LogP contribution < -0.4 is 4.72 Å². The van der Waals surface area contributed by atoms with Crippen molar-refractivity contribution in [2.24, 2.45) is 5.41 Å². The second-order valence-electron chi connectivity index (χ2n) is 6.96. The SMILES string of the molecule is Cc1nn(-c2ccccc2)c(C)c1S(=O)(=O)NC(C)C(C)(C)C. The highest BCUT2D eigenvalue weighted by Crippen LogP contribution is 2.25. The van der Waals surface area contributed by atoms with Gasteiger partial charge in [-0.2, -0.15) is 5.10 Å². The molecule has 5 nitrogen and oxygen atoms in total. The van der Waals surface area contributed by atoms with Crippen molar-refractivity contribution in [3.8, 4) is 5.69 Å². The van der Waals surface area contributed by atoms with Gasteiger partial charge in [0.05, 0.1) is 17.1 Å². The molecule has 0 aliphatic rings. The summed E-state index contributed by atoms with van der Waals surface area (Å²) in [7, 11) is -3.62. The van der Waals surface area contributed by atoms with Gasteiger partial charge in [0.15, 0.2) is 0 Å². The number of nitrogens with zero attached hydrogens (tertiary/aromatic N) is 2. The fourth-order valence-electron chi connectivity index (χ4n) is 2.31. The number of nitrogens with one attached hydrogen (secondary N) is 1. The maximum absolute atomic E-state index is 12.8. The van der Waals surface area contributed by atoms with Crippen molar-refractivity contribution in [3.63, 3.8) is 0 Å². The summed E-state index contributed by atoms with van der Waals surface area (Å²) in [6.45, 7) is 11.4. The van der Waals surface area contributed by atoms with Crippen LogP contribution in [0.1, 0.15) is 39.1 Å². The molecule has 23 heavy (non-hydrogen) atoms. The molecule has 1 N–H and O–H groups in total. The van der Waals surface area contributed by atoms with E-state index in [0.717, 1.165) is 5.69 Å². The third-order valence-corrected chi connectivity index (χ3v) is 5.92. The third-order valence-electron chi connectivity index (χ3n) is 4.13. The minimum Gasteiger partial charge on any atom is -0.236 e. The van der Waals surface area contributed by atoms with Gasteiger partial charge in [0.1, 0.15) is 4.90 Å². The average molecular weight is 335 g/mol. The Kier molecular flexibility index (Phi) is 4.69. The minimum absolute atomic E-state index is 0.162. The van der Waals surface area contributed by atoms with Crippen LogP contribution in [0.15, 0.2) is 35.2 Å². The molecular weight excluding hydrogens is 310 g/mol. The Hall–Kier alpha value is -1.66. The van der Waals surface area contributed by atoms with Gasteiger partial charge in [-0.25, -0.2) is 17.8 Å². The first-order chi connectivity index (χ1) is 10.5. The normalized spacial score (nSPS) is 14.0. The molecule has 0 bridgehead atoms. The molecule has 0 amide bonds. The number of rotatable bonds is 4. The fourth-order valence-corrected chi connectivity index (χ4v) is 4.15. The number of hydrogen-bond acceptors (Lipinski definition) is 3. The lowest BCUT2D eigenvalue weighted by Gasteiger charge is -2.27. The molecule has 0 fully saturated rings. The van der Waals surface area contributed by atoms with Crippen LogP contribution in [-0.2, 0) is 10.0 Å². The molecule has 0 saturated heterocycles. The Morgan fingerprint density at radius 2 is 1.70 bits per heavy atom. The Balaban J connectivity index is 2.47. The second kappa shape index (κ2) is 6.09. The predicted molar refractivity (Wildman–Crippen MR) is 92.3 cm³/mol. The highest BCUT2D eigenvalue weighted by molar-refractivity contribution is 7.89. The summed E-state index contributed by atoms with van der Waals surface area (Å²) in [5, 5.41) is 4.41. The zero-order chi connectivity index (χ0) is 17.4. The van der Waals surface area contributed by atoms with Crippen LogP contribution in [-0.4, -0.2) is 24.2 Å². The zero-order valence-corrected chi connectivity index (χ0v) is 15.4. The molecule has 6 heteroatoms. The molecule has 1 aromatic carbocycles. The minimum atomic E-state index is -3.62. The molecule has 1 atom stereocenters. The van der Waals surface area contributed by atoms with E-state index in [1.54, 1.807) is 18.5 Å². The summed E-state index contributed by atoms with van der Waals surface area (Å²) >= 11 is 0. The molecule has 0 aliphatic carbocycles. The molecule has 126 valence electrons. The van der Waals surface area contributed by atoms with E-state index in [-0.39, 0.29) is 16.4 Å². The van der Waals surface area contributed by atoms with Gasteiger partial charge in [0.2, 0.25) is 10.0 Å². The van der Waals surface area contributed by atoms with Gasteiger partial charge >= 0.3 is 0 Å². The highest BCUT2D eigenvalue weighted by atomic mass is 32.2. The van der Waals surface area contributed by atoms with Crippen molar-refractivity contribution in [1.82, 2.24) is 14.5 Å². The monoisotopic (exact) mass is 335 g/mol. The maximum atomic E-state index is 12.8. The number of para-hydroxylation sites is 1. The number of aryl methyl sites for hydroxylation is 1. The Bertz CT molecular complexity index is 787. The Morgan fingerprint density at radius 3 is 2.22 bits per heavy atom. The molecule has 0 saturated carbocycles. The first-order valence-electron chi connectivity index (χ1n) is 7.68. The van der Waals surface area contributed by atoms with Gasteiger partial charge in [-0.1, -0.05) is 39.0 Å². The first-order valence-corrected chi connectivity index (χ1v) is 9.16. The van der Waals surface area contributed by atoms with Crippen LogP contribution in [0.2, 0.25) is 0 Å². The average Bonchev–Trinajstić information content (AvgIpc) is 2.74. The zero-order valence-electron chi connectivity index (χ0n) is 14.6. The van der Waals surface area contributed by atoms with E-state index in [1.807, 2.05) is 58.0 Å². The van der Waals surface area contributed by atoms with Crippen LogP contribution in [0, 0.1) is 19.3 Å². The van der Waals surface area contributed by atoms with Crippen molar-refractivity contribution in [1.29, 1.82) is 0 Å².